The lowest BCUT2D eigenvalue weighted by atomic mass is 10.0. The summed E-state index contributed by atoms with van der Waals surface area (Å²) in [6.45, 7) is 3.51. The van der Waals surface area contributed by atoms with Crippen LogP contribution in [0.2, 0.25) is 0 Å². The quantitative estimate of drug-likeness (QED) is 0.0270. The molecule has 4 N–H and O–H groups in total. The van der Waals surface area contributed by atoms with Crippen LogP contribution in [0.3, 0.4) is 0 Å². The molecular formula is C57H106N2O7. The van der Waals surface area contributed by atoms with Crippen molar-refractivity contribution in [3.63, 3.8) is 0 Å². The fourth-order valence-corrected chi connectivity index (χ4v) is 8.63. The summed E-state index contributed by atoms with van der Waals surface area (Å²) in [6.07, 6.45) is 60.9. The number of aliphatic hydroxyl groups is 1. The molecule has 2 atom stereocenters. The predicted octanol–water partition coefficient (Wildman–Crippen LogP) is 15.5. The van der Waals surface area contributed by atoms with Crippen molar-refractivity contribution in [2.45, 2.75) is 302 Å². The molecule has 9 nitrogen and oxygen atoms in total. The van der Waals surface area contributed by atoms with Crippen LogP contribution in [-0.2, 0) is 23.9 Å². The number of carbonyl (C=O) groups excluding carboxylic acids is 3. The second-order valence-corrected chi connectivity index (χ2v) is 19.4. The van der Waals surface area contributed by atoms with Crippen LogP contribution in [0.1, 0.15) is 290 Å². The smallest absolute Gasteiger partial charge is 0.328 e. The van der Waals surface area contributed by atoms with Crippen LogP contribution < -0.4 is 10.6 Å². The number of amides is 2. The van der Waals surface area contributed by atoms with Crippen LogP contribution in [0.4, 0.5) is 0 Å². The monoisotopic (exact) mass is 931 g/mol. The highest BCUT2D eigenvalue weighted by Crippen LogP contribution is 2.19. The second kappa shape index (κ2) is 51.7. The SMILES string of the molecule is CCCCCCC/C=C\C/C=C\CCCCCC(CCCCCCCC(=O)NCC(=O)NC(CO)C(=O)O)OC(=O)CCCCCCCCCCCCCCCCCCCCCCCCC. The summed E-state index contributed by atoms with van der Waals surface area (Å²) in [7, 11) is 0. The first-order chi connectivity index (χ1) is 32.3. The van der Waals surface area contributed by atoms with Crippen molar-refractivity contribution in [1.82, 2.24) is 10.6 Å². The van der Waals surface area contributed by atoms with Crippen molar-refractivity contribution >= 4 is 23.8 Å². The van der Waals surface area contributed by atoms with Crippen molar-refractivity contribution in [2.24, 2.45) is 0 Å². The molecule has 0 spiro atoms. The Morgan fingerprint density at radius 1 is 0.455 bits per heavy atom. The van der Waals surface area contributed by atoms with Crippen molar-refractivity contribution in [3.8, 4) is 0 Å². The van der Waals surface area contributed by atoms with Gasteiger partial charge in [-0.2, -0.15) is 0 Å². The number of aliphatic hydroxyl groups excluding tert-OH is 1. The molecule has 0 heterocycles. The molecule has 0 aromatic heterocycles. The molecule has 66 heavy (non-hydrogen) atoms. The molecular weight excluding hydrogens is 825 g/mol. The Kier molecular flexibility index (Phi) is 49.6. The maximum atomic E-state index is 12.9. The van der Waals surface area contributed by atoms with Crippen molar-refractivity contribution < 1.29 is 34.1 Å². The molecule has 0 aromatic carbocycles. The summed E-state index contributed by atoms with van der Waals surface area (Å²) in [4.78, 5) is 47.9. The van der Waals surface area contributed by atoms with E-state index >= 15 is 0 Å². The lowest BCUT2D eigenvalue weighted by Gasteiger charge is -2.18. The zero-order valence-corrected chi connectivity index (χ0v) is 43.2. The lowest BCUT2D eigenvalue weighted by Crippen LogP contribution is -2.47. The van der Waals surface area contributed by atoms with Crippen LogP contribution in [0.25, 0.3) is 0 Å². The van der Waals surface area contributed by atoms with E-state index in [0.29, 0.717) is 19.3 Å². The van der Waals surface area contributed by atoms with Crippen LogP contribution in [-0.4, -0.2) is 59.3 Å². The largest absolute Gasteiger partial charge is 0.480 e. The highest BCUT2D eigenvalue weighted by atomic mass is 16.5. The molecule has 386 valence electrons. The number of aliphatic carboxylic acids is 1. The number of hydrogen-bond donors (Lipinski definition) is 4. The molecule has 0 saturated heterocycles. The van der Waals surface area contributed by atoms with Gasteiger partial charge in [0, 0.05) is 12.8 Å². The van der Waals surface area contributed by atoms with Gasteiger partial charge in [-0.3, -0.25) is 14.4 Å². The van der Waals surface area contributed by atoms with Crippen LogP contribution >= 0.6 is 0 Å². The lowest BCUT2D eigenvalue weighted by molar-refractivity contribution is -0.150. The molecule has 0 saturated carbocycles. The standard InChI is InChI=1S/C57H106N2O7/c1-3-5-7-9-11-13-15-17-19-20-21-22-23-24-25-26-28-30-32-34-36-41-45-49-56(63)66-52(46-42-38-35-33-31-29-27-18-16-14-12-10-8-6-4-2)47-43-39-37-40-44-48-54(61)58-50-55(62)59-53(51-60)57(64)65/h16,18,29,31,52-53,60H,3-15,17,19-28,30,32-51H2,1-2H3,(H,58,61)(H,59,62)(H,64,65)/b18-16-,31-29-. The summed E-state index contributed by atoms with van der Waals surface area (Å²) >= 11 is 0. The minimum absolute atomic E-state index is 0.0341. The van der Waals surface area contributed by atoms with Gasteiger partial charge in [-0.15, -0.1) is 0 Å². The first kappa shape index (κ1) is 63.3. The zero-order chi connectivity index (χ0) is 48.2. The Morgan fingerprint density at radius 2 is 0.818 bits per heavy atom. The van der Waals surface area contributed by atoms with Crippen molar-refractivity contribution in [1.29, 1.82) is 0 Å². The third kappa shape index (κ3) is 47.8. The molecule has 0 aliphatic rings. The van der Waals surface area contributed by atoms with Crippen molar-refractivity contribution in [3.05, 3.63) is 24.3 Å². The number of unbranched alkanes of at least 4 members (excludes halogenated alkanes) is 34. The van der Waals surface area contributed by atoms with Gasteiger partial charge in [0.2, 0.25) is 11.8 Å². The average molecular weight is 931 g/mol. The number of esters is 1. The summed E-state index contributed by atoms with van der Waals surface area (Å²) in [5.74, 6) is -2.29. The van der Waals surface area contributed by atoms with Gasteiger partial charge in [0.1, 0.15) is 12.1 Å². The van der Waals surface area contributed by atoms with Crippen LogP contribution in [0, 0.1) is 0 Å². The third-order valence-electron chi connectivity index (χ3n) is 13.0. The number of carboxylic acid groups (broad SMARTS) is 1. The highest BCUT2D eigenvalue weighted by Gasteiger charge is 2.19. The number of carbonyl (C=O) groups is 4. The van der Waals surface area contributed by atoms with Gasteiger partial charge in [0.05, 0.1) is 13.2 Å². The molecule has 0 fully saturated rings. The summed E-state index contributed by atoms with van der Waals surface area (Å²) in [6, 6.07) is -1.38. The van der Waals surface area contributed by atoms with E-state index in [4.69, 9.17) is 14.9 Å². The Morgan fingerprint density at radius 3 is 1.23 bits per heavy atom. The van der Waals surface area contributed by atoms with Gasteiger partial charge in [-0.1, -0.05) is 231 Å². The fourth-order valence-electron chi connectivity index (χ4n) is 8.63. The van der Waals surface area contributed by atoms with Crippen LogP contribution in [0.15, 0.2) is 24.3 Å². The zero-order valence-electron chi connectivity index (χ0n) is 43.2. The molecule has 2 unspecified atom stereocenters. The average Bonchev–Trinajstić information content (AvgIpc) is 3.30. The van der Waals surface area contributed by atoms with Gasteiger partial charge in [-0.05, 0) is 70.6 Å². The van der Waals surface area contributed by atoms with E-state index in [-0.39, 0.29) is 24.5 Å². The van der Waals surface area contributed by atoms with E-state index in [9.17, 15) is 19.2 Å². The Hall–Kier alpha value is -2.68. The normalized spacial score (nSPS) is 12.5. The number of ether oxygens (including phenoxy) is 1. The van der Waals surface area contributed by atoms with Crippen molar-refractivity contribution in [2.75, 3.05) is 13.2 Å². The number of nitrogens with one attached hydrogen (secondary N) is 2. The van der Waals surface area contributed by atoms with Gasteiger partial charge < -0.3 is 25.6 Å². The molecule has 0 radical (unpaired) electrons. The minimum atomic E-state index is -1.38. The number of rotatable bonds is 52. The number of carboxylic acids is 1. The molecule has 9 heteroatoms. The number of allylic oxidation sites excluding steroid dienone is 4. The molecule has 0 bridgehead atoms. The summed E-state index contributed by atoms with van der Waals surface area (Å²) < 4.78 is 6.08. The van der Waals surface area contributed by atoms with Gasteiger partial charge in [-0.25, -0.2) is 4.79 Å². The topological polar surface area (TPSA) is 142 Å². The van der Waals surface area contributed by atoms with E-state index in [2.05, 4.69) is 48.8 Å². The van der Waals surface area contributed by atoms with E-state index in [1.54, 1.807) is 0 Å². The van der Waals surface area contributed by atoms with E-state index in [0.717, 1.165) is 83.5 Å². The summed E-state index contributed by atoms with van der Waals surface area (Å²) in [5, 5.41) is 22.7. The molecule has 0 aliphatic heterocycles. The fraction of sp³-hybridized carbons (Fsp3) is 0.860. The van der Waals surface area contributed by atoms with Gasteiger partial charge >= 0.3 is 11.9 Å². The van der Waals surface area contributed by atoms with E-state index in [1.807, 2.05) is 0 Å². The Labute approximate surface area is 406 Å². The molecule has 0 rings (SSSR count). The highest BCUT2D eigenvalue weighted by molar-refractivity contribution is 5.87. The first-order valence-electron chi connectivity index (χ1n) is 28.2. The predicted molar refractivity (Wildman–Crippen MR) is 278 cm³/mol. The maximum Gasteiger partial charge on any atom is 0.328 e. The maximum absolute atomic E-state index is 12.9. The second-order valence-electron chi connectivity index (χ2n) is 19.4. The van der Waals surface area contributed by atoms with E-state index < -0.39 is 24.5 Å². The first-order valence-corrected chi connectivity index (χ1v) is 28.2. The molecule has 0 aromatic rings. The van der Waals surface area contributed by atoms with Crippen LogP contribution in [0.5, 0.6) is 0 Å². The Bertz CT molecular complexity index is 1160. The van der Waals surface area contributed by atoms with Gasteiger partial charge in [0.15, 0.2) is 0 Å². The Balaban J connectivity index is 4.23. The minimum Gasteiger partial charge on any atom is -0.480 e. The van der Waals surface area contributed by atoms with Gasteiger partial charge in [0.25, 0.3) is 0 Å². The number of hydrogen-bond acceptors (Lipinski definition) is 6. The third-order valence-corrected chi connectivity index (χ3v) is 13.0. The molecule has 2 amide bonds. The summed E-state index contributed by atoms with van der Waals surface area (Å²) in [5.41, 5.74) is 0. The van der Waals surface area contributed by atoms with E-state index in [1.165, 1.54) is 173 Å². The molecule has 0 aliphatic carbocycles.